The third-order valence-corrected chi connectivity index (χ3v) is 5.08. The SMILES string of the molecule is CC(=O)Nc1ccccc1NC(=O)CN1CCN(c2ccccc2C)C[C@H]1C. The maximum atomic E-state index is 12.6. The monoisotopic (exact) mass is 380 g/mol. The van der Waals surface area contributed by atoms with Gasteiger partial charge in [-0.05, 0) is 37.6 Å². The number of nitrogens with zero attached hydrogens (tertiary/aromatic N) is 2. The number of benzene rings is 2. The number of para-hydroxylation sites is 3. The minimum Gasteiger partial charge on any atom is -0.368 e. The van der Waals surface area contributed by atoms with Crippen molar-refractivity contribution in [3.05, 3.63) is 54.1 Å². The lowest BCUT2D eigenvalue weighted by atomic mass is 10.1. The first-order valence-corrected chi connectivity index (χ1v) is 9.65. The van der Waals surface area contributed by atoms with Crippen molar-refractivity contribution >= 4 is 28.9 Å². The van der Waals surface area contributed by atoms with E-state index in [0.29, 0.717) is 17.9 Å². The van der Waals surface area contributed by atoms with E-state index in [4.69, 9.17) is 0 Å². The molecule has 28 heavy (non-hydrogen) atoms. The van der Waals surface area contributed by atoms with Crippen LogP contribution in [0.3, 0.4) is 0 Å². The quantitative estimate of drug-likeness (QED) is 0.837. The number of carbonyl (C=O) groups excluding carboxylic acids is 2. The van der Waals surface area contributed by atoms with Crippen molar-refractivity contribution in [2.75, 3.05) is 41.7 Å². The van der Waals surface area contributed by atoms with Crippen LogP contribution < -0.4 is 15.5 Å². The normalized spacial score (nSPS) is 17.2. The van der Waals surface area contributed by atoms with E-state index in [-0.39, 0.29) is 17.9 Å². The number of piperazine rings is 1. The summed E-state index contributed by atoms with van der Waals surface area (Å²) in [5, 5.41) is 5.67. The van der Waals surface area contributed by atoms with Crippen molar-refractivity contribution in [1.29, 1.82) is 0 Å². The van der Waals surface area contributed by atoms with Crippen LogP contribution in [0.25, 0.3) is 0 Å². The zero-order chi connectivity index (χ0) is 20.1. The molecule has 6 heteroatoms. The van der Waals surface area contributed by atoms with Crippen molar-refractivity contribution in [1.82, 2.24) is 4.90 Å². The molecule has 2 N–H and O–H groups in total. The smallest absolute Gasteiger partial charge is 0.238 e. The van der Waals surface area contributed by atoms with Crippen LogP contribution in [0, 0.1) is 6.92 Å². The minimum atomic E-state index is -0.164. The van der Waals surface area contributed by atoms with Gasteiger partial charge in [0.05, 0.1) is 17.9 Å². The first kappa shape index (κ1) is 19.9. The lowest BCUT2D eigenvalue weighted by Crippen LogP contribution is -2.54. The standard InChI is InChI=1S/C22H28N4O2/c1-16-8-4-7-11-21(16)26-13-12-25(17(2)14-26)15-22(28)24-20-10-6-5-9-19(20)23-18(3)27/h4-11,17H,12-15H2,1-3H3,(H,23,27)(H,24,28)/t17-/m1/s1. The lowest BCUT2D eigenvalue weighted by molar-refractivity contribution is -0.118. The van der Waals surface area contributed by atoms with Crippen LogP contribution in [0.5, 0.6) is 0 Å². The number of nitrogens with one attached hydrogen (secondary N) is 2. The van der Waals surface area contributed by atoms with Crippen LogP contribution in [-0.2, 0) is 9.59 Å². The second kappa shape index (κ2) is 8.89. The summed E-state index contributed by atoms with van der Waals surface area (Å²) >= 11 is 0. The molecule has 0 saturated carbocycles. The van der Waals surface area contributed by atoms with Gasteiger partial charge in [0.15, 0.2) is 0 Å². The Labute approximate surface area is 166 Å². The van der Waals surface area contributed by atoms with Gasteiger partial charge in [0.1, 0.15) is 0 Å². The van der Waals surface area contributed by atoms with Gasteiger partial charge in [-0.2, -0.15) is 0 Å². The van der Waals surface area contributed by atoms with Crippen LogP contribution >= 0.6 is 0 Å². The molecule has 2 aromatic carbocycles. The summed E-state index contributed by atoms with van der Waals surface area (Å²) in [5.41, 5.74) is 3.77. The first-order chi connectivity index (χ1) is 13.4. The van der Waals surface area contributed by atoms with E-state index in [1.165, 1.54) is 18.2 Å². The molecular weight excluding hydrogens is 352 g/mol. The largest absolute Gasteiger partial charge is 0.368 e. The molecule has 2 amide bonds. The summed E-state index contributed by atoms with van der Waals surface area (Å²) in [5.74, 6) is -0.239. The third-order valence-electron chi connectivity index (χ3n) is 5.08. The molecule has 1 heterocycles. The van der Waals surface area contributed by atoms with Crippen molar-refractivity contribution in [3.8, 4) is 0 Å². The van der Waals surface area contributed by atoms with Gasteiger partial charge < -0.3 is 15.5 Å². The maximum Gasteiger partial charge on any atom is 0.238 e. The van der Waals surface area contributed by atoms with Gasteiger partial charge >= 0.3 is 0 Å². The molecule has 0 radical (unpaired) electrons. The Morgan fingerprint density at radius 2 is 1.64 bits per heavy atom. The van der Waals surface area contributed by atoms with Gasteiger partial charge in [0, 0.05) is 38.3 Å². The maximum absolute atomic E-state index is 12.6. The highest BCUT2D eigenvalue weighted by Gasteiger charge is 2.26. The molecule has 148 valence electrons. The predicted octanol–water partition coefficient (Wildman–Crippen LogP) is 3.10. The van der Waals surface area contributed by atoms with E-state index in [1.54, 1.807) is 12.1 Å². The Kier molecular flexibility index (Phi) is 6.31. The number of anilines is 3. The number of aryl methyl sites for hydroxylation is 1. The van der Waals surface area contributed by atoms with Crippen LogP contribution in [-0.4, -0.2) is 48.9 Å². The minimum absolute atomic E-state index is 0.0750. The molecule has 0 aliphatic carbocycles. The van der Waals surface area contributed by atoms with Crippen molar-refractivity contribution < 1.29 is 9.59 Å². The fourth-order valence-electron chi connectivity index (χ4n) is 3.63. The van der Waals surface area contributed by atoms with E-state index in [2.05, 4.69) is 58.5 Å². The highest BCUT2D eigenvalue weighted by molar-refractivity contribution is 5.99. The summed E-state index contributed by atoms with van der Waals surface area (Å²) in [4.78, 5) is 28.5. The average Bonchev–Trinajstić information content (AvgIpc) is 2.65. The van der Waals surface area contributed by atoms with Gasteiger partial charge in [-0.1, -0.05) is 30.3 Å². The molecular formula is C22H28N4O2. The fraction of sp³-hybridized carbons (Fsp3) is 0.364. The zero-order valence-electron chi connectivity index (χ0n) is 16.7. The van der Waals surface area contributed by atoms with E-state index in [0.717, 1.165) is 19.6 Å². The Hall–Kier alpha value is -2.86. The molecule has 1 aliphatic heterocycles. The number of carbonyl (C=O) groups is 2. The lowest BCUT2D eigenvalue weighted by Gasteiger charge is -2.41. The summed E-state index contributed by atoms with van der Waals surface area (Å²) in [6, 6.07) is 15.9. The molecule has 6 nitrogen and oxygen atoms in total. The van der Waals surface area contributed by atoms with Gasteiger partial charge in [0.25, 0.3) is 0 Å². The van der Waals surface area contributed by atoms with Gasteiger partial charge in [-0.15, -0.1) is 0 Å². The van der Waals surface area contributed by atoms with Crippen LogP contribution in [0.1, 0.15) is 19.4 Å². The molecule has 0 unspecified atom stereocenters. The molecule has 1 fully saturated rings. The Balaban J connectivity index is 1.59. The molecule has 0 aromatic heterocycles. The number of hydrogen-bond acceptors (Lipinski definition) is 4. The van der Waals surface area contributed by atoms with E-state index in [1.807, 2.05) is 12.1 Å². The summed E-state index contributed by atoms with van der Waals surface area (Å²) in [6.07, 6.45) is 0. The molecule has 2 aromatic rings. The molecule has 1 aliphatic rings. The molecule has 3 rings (SSSR count). The molecule has 1 saturated heterocycles. The van der Waals surface area contributed by atoms with Crippen molar-refractivity contribution in [3.63, 3.8) is 0 Å². The van der Waals surface area contributed by atoms with E-state index in [9.17, 15) is 9.59 Å². The molecule has 0 spiro atoms. The van der Waals surface area contributed by atoms with Crippen molar-refractivity contribution in [2.24, 2.45) is 0 Å². The molecule has 1 atom stereocenters. The summed E-state index contributed by atoms with van der Waals surface area (Å²) < 4.78 is 0. The second-order valence-electron chi connectivity index (χ2n) is 7.33. The van der Waals surface area contributed by atoms with E-state index < -0.39 is 0 Å². The molecule has 0 bridgehead atoms. The highest BCUT2D eigenvalue weighted by Crippen LogP contribution is 2.23. The highest BCUT2D eigenvalue weighted by atomic mass is 16.2. The number of hydrogen-bond donors (Lipinski definition) is 2. The van der Waals surface area contributed by atoms with E-state index >= 15 is 0 Å². The number of amides is 2. The van der Waals surface area contributed by atoms with Crippen LogP contribution in [0.4, 0.5) is 17.1 Å². The summed E-state index contributed by atoms with van der Waals surface area (Å²) in [7, 11) is 0. The van der Waals surface area contributed by atoms with Crippen LogP contribution in [0.2, 0.25) is 0 Å². The third kappa shape index (κ3) is 4.89. The van der Waals surface area contributed by atoms with Crippen LogP contribution in [0.15, 0.2) is 48.5 Å². The second-order valence-corrected chi connectivity index (χ2v) is 7.33. The Morgan fingerprint density at radius 1 is 1.00 bits per heavy atom. The average molecular weight is 380 g/mol. The zero-order valence-corrected chi connectivity index (χ0v) is 16.7. The topological polar surface area (TPSA) is 64.7 Å². The first-order valence-electron chi connectivity index (χ1n) is 9.65. The Morgan fingerprint density at radius 3 is 2.29 bits per heavy atom. The Bertz CT molecular complexity index is 852. The van der Waals surface area contributed by atoms with Crippen molar-refractivity contribution in [2.45, 2.75) is 26.8 Å². The van der Waals surface area contributed by atoms with Gasteiger partial charge in [-0.3, -0.25) is 14.5 Å². The van der Waals surface area contributed by atoms with Gasteiger partial charge in [0.2, 0.25) is 11.8 Å². The predicted molar refractivity (Wildman–Crippen MR) is 114 cm³/mol. The summed E-state index contributed by atoms with van der Waals surface area (Å²) in [6.45, 7) is 8.68. The van der Waals surface area contributed by atoms with Gasteiger partial charge in [-0.25, -0.2) is 0 Å². The fourth-order valence-corrected chi connectivity index (χ4v) is 3.63. The number of rotatable bonds is 5.